The van der Waals surface area contributed by atoms with E-state index in [4.69, 9.17) is 9.47 Å². The number of hydrogen-bond acceptors (Lipinski definition) is 4. The lowest BCUT2D eigenvalue weighted by Crippen LogP contribution is -2.37. The van der Waals surface area contributed by atoms with Crippen LogP contribution in [0.1, 0.15) is 168 Å². The molecule has 0 bridgehead atoms. The van der Waals surface area contributed by atoms with Crippen molar-refractivity contribution in [1.82, 2.24) is 9.80 Å². The van der Waals surface area contributed by atoms with Gasteiger partial charge in [-0.1, -0.05) is 140 Å². The minimum Gasteiger partial charge on any atom is -0.374 e. The minimum absolute atomic E-state index is 0.00584. The Morgan fingerprint density at radius 1 is 0.531 bits per heavy atom. The molecule has 1 aliphatic rings. The van der Waals surface area contributed by atoms with Crippen molar-refractivity contribution in [3.8, 4) is 0 Å². The third-order valence-electron chi connectivity index (χ3n) is 9.37. The third-order valence-corrected chi connectivity index (χ3v) is 9.37. The third kappa shape index (κ3) is 28.7. The van der Waals surface area contributed by atoms with Crippen molar-refractivity contribution in [3.05, 3.63) is 48.6 Å². The number of unbranched alkanes of at least 4 members (excludes halogenated alkanes) is 18. The Labute approximate surface area is 305 Å². The van der Waals surface area contributed by atoms with Crippen LogP contribution >= 0.6 is 0 Å². The van der Waals surface area contributed by atoms with Crippen LogP contribution in [0.25, 0.3) is 0 Å². The number of nitrogens with zero attached hydrogens (tertiary/aromatic N) is 2. The molecule has 0 aromatic carbocycles. The van der Waals surface area contributed by atoms with E-state index in [1.165, 1.54) is 128 Å². The molecule has 0 aliphatic carbocycles. The van der Waals surface area contributed by atoms with Crippen molar-refractivity contribution in [2.75, 3.05) is 46.9 Å². The van der Waals surface area contributed by atoms with Crippen LogP contribution in [-0.4, -0.2) is 74.9 Å². The van der Waals surface area contributed by atoms with Crippen molar-refractivity contribution >= 4 is 5.91 Å². The van der Waals surface area contributed by atoms with Crippen molar-refractivity contribution < 1.29 is 14.3 Å². The fourth-order valence-electron chi connectivity index (χ4n) is 6.29. The second-order valence-electron chi connectivity index (χ2n) is 14.5. The summed E-state index contributed by atoms with van der Waals surface area (Å²) in [6.45, 7) is 7.80. The van der Waals surface area contributed by atoms with E-state index >= 15 is 0 Å². The highest BCUT2D eigenvalue weighted by Crippen LogP contribution is 2.19. The zero-order valence-electron chi connectivity index (χ0n) is 32.9. The number of carbonyl (C=O) groups excluding carboxylic acids is 1. The predicted octanol–water partition coefficient (Wildman–Crippen LogP) is 11.8. The molecule has 1 aliphatic heterocycles. The summed E-state index contributed by atoms with van der Waals surface area (Å²) in [7, 11) is 3.90. The Bertz CT molecular complexity index is 791. The zero-order valence-corrected chi connectivity index (χ0v) is 32.9. The Kier molecular flexibility index (Phi) is 32.1. The topological polar surface area (TPSA) is 42.0 Å². The SMILES string of the molecule is CCCCCC=CCC=CCCCCCCCCOC1CN(C(=O)CN(C)C)C[C@H]1OCCCCCCCCC=CCC=CCCCCC. The first kappa shape index (κ1) is 45.3. The van der Waals surface area contributed by atoms with Crippen LogP contribution in [-0.2, 0) is 14.3 Å². The maximum absolute atomic E-state index is 12.8. The molecule has 1 fully saturated rings. The first-order valence-corrected chi connectivity index (χ1v) is 20.8. The Hall–Kier alpha value is -1.69. The van der Waals surface area contributed by atoms with E-state index in [9.17, 15) is 4.79 Å². The molecule has 1 rings (SSSR count). The van der Waals surface area contributed by atoms with E-state index in [1.807, 2.05) is 23.9 Å². The number of likely N-dealkylation sites (tertiary alicyclic amines) is 1. The molecule has 0 aromatic heterocycles. The first-order valence-electron chi connectivity index (χ1n) is 20.8. The van der Waals surface area contributed by atoms with Crippen LogP contribution < -0.4 is 0 Å². The van der Waals surface area contributed by atoms with Gasteiger partial charge < -0.3 is 19.3 Å². The number of carbonyl (C=O) groups is 1. The molecule has 1 amide bonds. The molecule has 284 valence electrons. The summed E-state index contributed by atoms with van der Waals surface area (Å²) in [4.78, 5) is 16.7. The molecule has 5 heteroatoms. The predicted molar refractivity (Wildman–Crippen MR) is 213 cm³/mol. The van der Waals surface area contributed by atoms with Gasteiger partial charge in [0, 0.05) is 26.3 Å². The highest BCUT2D eigenvalue weighted by molar-refractivity contribution is 5.78. The minimum atomic E-state index is -0.00584. The summed E-state index contributed by atoms with van der Waals surface area (Å²) in [5, 5.41) is 0. The van der Waals surface area contributed by atoms with Gasteiger partial charge in [0.1, 0.15) is 12.2 Å². The van der Waals surface area contributed by atoms with Crippen LogP contribution in [0.15, 0.2) is 48.6 Å². The van der Waals surface area contributed by atoms with E-state index in [-0.39, 0.29) is 18.1 Å². The summed E-state index contributed by atoms with van der Waals surface area (Å²) in [6, 6.07) is 0. The number of ether oxygens (including phenoxy) is 2. The maximum Gasteiger partial charge on any atom is 0.236 e. The van der Waals surface area contributed by atoms with Crippen LogP contribution in [0, 0.1) is 0 Å². The Morgan fingerprint density at radius 3 is 1.24 bits per heavy atom. The van der Waals surface area contributed by atoms with Gasteiger partial charge in [0.25, 0.3) is 0 Å². The summed E-state index contributed by atoms with van der Waals surface area (Å²) in [5.41, 5.74) is 0. The molecule has 5 nitrogen and oxygen atoms in total. The smallest absolute Gasteiger partial charge is 0.236 e. The van der Waals surface area contributed by atoms with E-state index in [0.717, 1.165) is 38.9 Å². The monoisotopic (exact) mass is 685 g/mol. The van der Waals surface area contributed by atoms with E-state index < -0.39 is 0 Å². The molecular weight excluding hydrogens is 604 g/mol. The fraction of sp³-hybridized carbons (Fsp3) is 0.795. The van der Waals surface area contributed by atoms with Gasteiger partial charge in [-0.25, -0.2) is 0 Å². The number of hydrogen-bond donors (Lipinski definition) is 0. The van der Waals surface area contributed by atoms with Crippen molar-refractivity contribution in [1.29, 1.82) is 0 Å². The highest BCUT2D eigenvalue weighted by atomic mass is 16.5. The van der Waals surface area contributed by atoms with Crippen LogP contribution in [0.3, 0.4) is 0 Å². The molecule has 0 spiro atoms. The van der Waals surface area contributed by atoms with Gasteiger partial charge in [-0.2, -0.15) is 0 Å². The lowest BCUT2D eigenvalue weighted by molar-refractivity contribution is -0.131. The Morgan fingerprint density at radius 2 is 0.878 bits per heavy atom. The van der Waals surface area contributed by atoms with Gasteiger partial charge in [-0.05, 0) is 91.1 Å². The number of rotatable bonds is 34. The van der Waals surface area contributed by atoms with Gasteiger partial charge in [0.05, 0.1) is 6.54 Å². The lowest BCUT2D eigenvalue weighted by atomic mass is 10.1. The number of likely N-dealkylation sites (N-methyl/N-ethyl adjacent to an activating group) is 1. The Balaban J connectivity index is 2.13. The molecule has 2 atom stereocenters. The van der Waals surface area contributed by atoms with Gasteiger partial charge in [-0.15, -0.1) is 0 Å². The molecule has 1 heterocycles. The number of allylic oxidation sites excluding steroid dienone is 8. The van der Waals surface area contributed by atoms with E-state index in [2.05, 4.69) is 62.5 Å². The zero-order chi connectivity index (χ0) is 35.5. The molecule has 1 unspecified atom stereocenters. The summed E-state index contributed by atoms with van der Waals surface area (Å²) in [5.74, 6) is 0.173. The van der Waals surface area contributed by atoms with Gasteiger partial charge in [0.2, 0.25) is 5.91 Å². The standard InChI is InChI=1S/C44H80N2O3/c1-5-7-9-11-13-15-17-19-21-23-25-27-29-31-33-35-37-48-42-39-46(44(47)41-45(3)4)40-43(42)49-38-36-34-32-30-28-26-24-22-20-18-16-14-12-10-8-6-2/h13-16,19-22,42-43H,5-12,17-18,23-41H2,1-4H3/t42-,43?/m1/s1. The second kappa shape index (κ2) is 34.7. The summed E-state index contributed by atoms with van der Waals surface area (Å²) in [6.07, 6.45) is 48.6. The van der Waals surface area contributed by atoms with Crippen LogP contribution in [0.2, 0.25) is 0 Å². The molecule has 0 N–H and O–H groups in total. The average molecular weight is 685 g/mol. The molecular formula is C44H80N2O3. The van der Waals surface area contributed by atoms with E-state index in [0.29, 0.717) is 19.6 Å². The van der Waals surface area contributed by atoms with Crippen LogP contribution in [0.5, 0.6) is 0 Å². The van der Waals surface area contributed by atoms with Crippen molar-refractivity contribution in [2.24, 2.45) is 0 Å². The molecule has 0 aromatic rings. The normalized spacial score (nSPS) is 17.0. The van der Waals surface area contributed by atoms with Gasteiger partial charge in [-0.3, -0.25) is 4.79 Å². The molecule has 49 heavy (non-hydrogen) atoms. The largest absolute Gasteiger partial charge is 0.374 e. The fourth-order valence-corrected chi connectivity index (χ4v) is 6.29. The van der Waals surface area contributed by atoms with Gasteiger partial charge >= 0.3 is 0 Å². The quantitative estimate of drug-likeness (QED) is 0.0500. The molecule has 0 saturated carbocycles. The van der Waals surface area contributed by atoms with Crippen LogP contribution in [0.4, 0.5) is 0 Å². The maximum atomic E-state index is 12.8. The summed E-state index contributed by atoms with van der Waals surface area (Å²) >= 11 is 0. The first-order chi connectivity index (χ1) is 24.1. The number of amides is 1. The molecule has 1 saturated heterocycles. The van der Waals surface area contributed by atoms with Crippen molar-refractivity contribution in [2.45, 2.75) is 180 Å². The molecule has 0 radical (unpaired) electrons. The highest BCUT2D eigenvalue weighted by Gasteiger charge is 2.36. The van der Waals surface area contributed by atoms with E-state index in [1.54, 1.807) is 0 Å². The summed E-state index contributed by atoms with van der Waals surface area (Å²) < 4.78 is 12.7. The lowest BCUT2D eigenvalue weighted by Gasteiger charge is -2.19. The second-order valence-corrected chi connectivity index (χ2v) is 14.5. The average Bonchev–Trinajstić information content (AvgIpc) is 3.50. The van der Waals surface area contributed by atoms with Crippen molar-refractivity contribution in [3.63, 3.8) is 0 Å². The van der Waals surface area contributed by atoms with Gasteiger partial charge in [0.15, 0.2) is 0 Å².